The van der Waals surface area contributed by atoms with Gasteiger partial charge in [0.05, 0.1) is 0 Å². The van der Waals surface area contributed by atoms with E-state index in [-0.39, 0.29) is 25.2 Å². The van der Waals surface area contributed by atoms with Crippen molar-refractivity contribution in [3.63, 3.8) is 0 Å². The fraction of sp³-hybridized carbons (Fsp3) is 0.900. The third kappa shape index (κ3) is 10.4. The van der Waals surface area contributed by atoms with Crippen LogP contribution < -0.4 is 18.9 Å². The molecule has 2 nitrogen and oxygen atoms in total. The summed E-state index contributed by atoms with van der Waals surface area (Å²) >= 11 is 0. The topological polar surface area (TPSA) is 18.5 Å². The molecule has 0 aromatic heterocycles. The average molecular weight is 180 g/mol. The molecule has 0 aliphatic carbocycles. The van der Waals surface area contributed by atoms with Gasteiger partial charge >= 0.3 is 18.9 Å². The zero-order chi connectivity index (χ0) is 9.23. The van der Waals surface area contributed by atoms with E-state index in [2.05, 4.69) is 6.92 Å². The van der Waals surface area contributed by atoms with Crippen LogP contribution in [0, 0.1) is 6.92 Å². The van der Waals surface area contributed by atoms with Crippen LogP contribution in [0.4, 0.5) is 0 Å². The first-order chi connectivity index (χ1) is 5.85. The first-order valence-corrected chi connectivity index (χ1v) is 4.87. The molecule has 0 saturated heterocycles. The second kappa shape index (κ2) is 12.5. The maximum Gasteiger partial charge on any atom is 1.00 e. The Morgan fingerprint density at radius 3 is 2.00 bits per heavy atom. The fourth-order valence-electron chi connectivity index (χ4n) is 1.07. The van der Waals surface area contributed by atoms with Crippen LogP contribution in [0.1, 0.15) is 39.5 Å². The van der Waals surface area contributed by atoms with Gasteiger partial charge in [-0.25, -0.2) is 0 Å². The summed E-state index contributed by atoms with van der Waals surface area (Å²) in [5, 5.41) is 0. The van der Waals surface area contributed by atoms with Crippen LogP contribution in [-0.4, -0.2) is 19.5 Å². The monoisotopic (exact) mass is 180 g/mol. The molecular weight excluding hydrogens is 159 g/mol. The first kappa shape index (κ1) is 16.0. The summed E-state index contributed by atoms with van der Waals surface area (Å²) in [6.45, 7) is 9.24. The van der Waals surface area contributed by atoms with Gasteiger partial charge in [0.15, 0.2) is 6.29 Å². The largest absolute Gasteiger partial charge is 1.00 e. The van der Waals surface area contributed by atoms with Gasteiger partial charge in [-0.1, -0.05) is 12.8 Å². The minimum absolute atomic E-state index is 0. The maximum absolute atomic E-state index is 5.39. The van der Waals surface area contributed by atoms with Crippen molar-refractivity contribution in [3.8, 4) is 0 Å². The van der Waals surface area contributed by atoms with Crippen molar-refractivity contribution in [2.24, 2.45) is 0 Å². The summed E-state index contributed by atoms with van der Waals surface area (Å²) in [6.07, 6.45) is 4.32. The molecule has 13 heavy (non-hydrogen) atoms. The van der Waals surface area contributed by atoms with Crippen molar-refractivity contribution in [2.75, 3.05) is 13.2 Å². The Kier molecular flexibility index (Phi) is 15.4. The summed E-state index contributed by atoms with van der Waals surface area (Å²) in [5.41, 5.74) is 0. The minimum Gasteiger partial charge on any atom is -0.353 e. The van der Waals surface area contributed by atoms with Gasteiger partial charge in [0.1, 0.15) is 0 Å². The second-order valence-electron chi connectivity index (χ2n) is 2.69. The number of rotatable bonds is 8. The van der Waals surface area contributed by atoms with E-state index in [9.17, 15) is 0 Å². The number of hydrogen-bond acceptors (Lipinski definition) is 2. The van der Waals surface area contributed by atoms with Gasteiger partial charge in [0, 0.05) is 13.2 Å². The van der Waals surface area contributed by atoms with Crippen LogP contribution in [0.5, 0.6) is 0 Å². The first-order valence-electron chi connectivity index (χ1n) is 4.87. The molecule has 0 fully saturated rings. The van der Waals surface area contributed by atoms with E-state index in [1.54, 1.807) is 0 Å². The Bertz CT molecular complexity index is 83.0. The van der Waals surface area contributed by atoms with E-state index >= 15 is 0 Å². The van der Waals surface area contributed by atoms with Crippen molar-refractivity contribution in [1.82, 2.24) is 0 Å². The predicted octanol–water partition coefficient (Wildman–Crippen LogP) is -0.216. The molecule has 74 valence electrons. The van der Waals surface area contributed by atoms with Crippen molar-refractivity contribution >= 4 is 0 Å². The standard InChI is InChI=1S/C10H21O2.Li/c1-4-7-8-9-10(11-5-2)12-6-3;/h10H,1,4-9H2,2-3H3;/q-1;+1. The zero-order valence-electron chi connectivity index (χ0n) is 9.34. The molecule has 0 spiro atoms. The molecule has 3 heteroatoms. The third-order valence-corrected chi connectivity index (χ3v) is 1.64. The van der Waals surface area contributed by atoms with Crippen molar-refractivity contribution < 1.29 is 28.3 Å². The van der Waals surface area contributed by atoms with Gasteiger partial charge < -0.3 is 16.4 Å². The molecule has 0 amide bonds. The van der Waals surface area contributed by atoms with Crippen molar-refractivity contribution in [3.05, 3.63) is 6.92 Å². The molecule has 0 aromatic rings. The van der Waals surface area contributed by atoms with E-state index in [1.807, 2.05) is 13.8 Å². The summed E-state index contributed by atoms with van der Waals surface area (Å²) < 4.78 is 10.8. The third-order valence-electron chi connectivity index (χ3n) is 1.64. The van der Waals surface area contributed by atoms with Crippen LogP contribution in [0.25, 0.3) is 0 Å². The van der Waals surface area contributed by atoms with Gasteiger partial charge in [0.2, 0.25) is 0 Å². The molecule has 0 N–H and O–H groups in total. The van der Waals surface area contributed by atoms with Crippen LogP contribution in [0.3, 0.4) is 0 Å². The zero-order valence-corrected chi connectivity index (χ0v) is 9.34. The molecule has 0 bridgehead atoms. The van der Waals surface area contributed by atoms with Crippen LogP contribution in [0.15, 0.2) is 0 Å². The van der Waals surface area contributed by atoms with Crippen LogP contribution in [-0.2, 0) is 9.47 Å². The molecule has 0 saturated carbocycles. The number of unbranched alkanes of at least 4 members (excludes halogenated alkanes) is 2. The van der Waals surface area contributed by atoms with E-state index in [0.29, 0.717) is 0 Å². The Balaban J connectivity index is 0. The Labute approximate surface area is 94.5 Å². The molecule has 0 aliphatic heterocycles. The van der Waals surface area contributed by atoms with Gasteiger partial charge in [-0.05, 0) is 20.3 Å². The average Bonchev–Trinajstić information content (AvgIpc) is 2.06. The van der Waals surface area contributed by atoms with Crippen molar-refractivity contribution in [1.29, 1.82) is 0 Å². The molecule has 0 rings (SSSR count). The predicted molar refractivity (Wildman–Crippen MR) is 50.9 cm³/mol. The molecular formula is C10H21LiO2. The molecule has 0 aliphatic rings. The normalized spacial score (nSPS) is 10.2. The smallest absolute Gasteiger partial charge is 0.353 e. The van der Waals surface area contributed by atoms with Gasteiger partial charge in [-0.3, -0.25) is 0 Å². The molecule has 0 radical (unpaired) electrons. The van der Waals surface area contributed by atoms with Gasteiger partial charge in [-0.15, -0.1) is 0 Å². The van der Waals surface area contributed by atoms with E-state index in [0.717, 1.165) is 38.9 Å². The number of ether oxygens (including phenoxy) is 2. The molecule has 0 unspecified atom stereocenters. The Morgan fingerprint density at radius 1 is 1.08 bits per heavy atom. The van der Waals surface area contributed by atoms with E-state index in [4.69, 9.17) is 9.47 Å². The van der Waals surface area contributed by atoms with Crippen LogP contribution in [0.2, 0.25) is 0 Å². The Morgan fingerprint density at radius 2 is 1.62 bits per heavy atom. The minimum atomic E-state index is 0. The van der Waals surface area contributed by atoms with Crippen LogP contribution >= 0.6 is 0 Å². The quantitative estimate of drug-likeness (QED) is 0.222. The van der Waals surface area contributed by atoms with E-state index in [1.165, 1.54) is 0 Å². The summed E-state index contributed by atoms with van der Waals surface area (Å²) in [7, 11) is 0. The fourth-order valence-corrected chi connectivity index (χ4v) is 1.07. The summed E-state index contributed by atoms with van der Waals surface area (Å²) in [6, 6.07) is 0. The SMILES string of the molecule is [CH2-]CCCCC(OCC)OCC.[Li+]. The van der Waals surface area contributed by atoms with Gasteiger partial charge in [-0.2, -0.15) is 6.42 Å². The maximum atomic E-state index is 5.39. The summed E-state index contributed by atoms with van der Waals surface area (Å²) in [4.78, 5) is 0. The molecule has 0 aromatic carbocycles. The molecule has 0 heterocycles. The molecule has 0 atom stereocenters. The van der Waals surface area contributed by atoms with Crippen molar-refractivity contribution in [2.45, 2.75) is 45.8 Å². The van der Waals surface area contributed by atoms with Gasteiger partial charge in [0.25, 0.3) is 0 Å². The summed E-state index contributed by atoms with van der Waals surface area (Å²) in [5.74, 6) is 0. The Hall–Kier alpha value is 0.517. The second-order valence-corrected chi connectivity index (χ2v) is 2.69. The number of hydrogen-bond donors (Lipinski definition) is 0. The van der Waals surface area contributed by atoms with E-state index < -0.39 is 0 Å².